The van der Waals surface area contributed by atoms with E-state index in [2.05, 4.69) is 30.3 Å². The van der Waals surface area contributed by atoms with Crippen molar-refractivity contribution in [2.75, 3.05) is 29.0 Å². The maximum Gasteiger partial charge on any atom is 0.273 e. The molecule has 1 aromatic carbocycles. The van der Waals surface area contributed by atoms with Crippen molar-refractivity contribution in [3.8, 4) is 5.69 Å². The quantitative estimate of drug-likeness (QED) is 0.483. The first-order valence-corrected chi connectivity index (χ1v) is 11.7. The number of rotatable bonds is 6. The van der Waals surface area contributed by atoms with Gasteiger partial charge in [-0.05, 0) is 31.9 Å². The Labute approximate surface area is 194 Å². The monoisotopic (exact) mass is 472 g/mol. The molecular weight excluding hydrogens is 446 g/mol. The molecule has 1 fully saturated rings. The van der Waals surface area contributed by atoms with Gasteiger partial charge in [-0.15, -0.1) is 10.2 Å². The highest BCUT2D eigenvalue weighted by Crippen LogP contribution is 2.38. The van der Waals surface area contributed by atoms with E-state index in [1.54, 1.807) is 23.7 Å². The average molecular weight is 473 g/mol. The number of para-hydroxylation sites is 1. The zero-order valence-electron chi connectivity index (χ0n) is 20.8. The fraction of sp³-hybridized carbons (Fsp3) is 0.350. The molecule has 0 atom stereocenters. The zero-order valence-corrected chi connectivity index (χ0v) is 18.6. The second-order valence-corrected chi connectivity index (χ2v) is 9.89. The second-order valence-electron chi connectivity index (χ2n) is 7.93. The summed E-state index contributed by atoms with van der Waals surface area (Å²) in [6.07, 6.45) is 1.11. The van der Waals surface area contributed by atoms with E-state index >= 15 is 0 Å². The molecule has 12 nitrogen and oxygen atoms in total. The van der Waals surface area contributed by atoms with Gasteiger partial charge in [-0.1, -0.05) is 6.07 Å². The van der Waals surface area contributed by atoms with Gasteiger partial charge in [-0.2, -0.15) is 5.10 Å². The minimum absolute atomic E-state index is 0.0719. The van der Waals surface area contributed by atoms with Crippen molar-refractivity contribution < 1.29 is 17.3 Å². The molecule has 2 aliphatic rings. The van der Waals surface area contributed by atoms with E-state index in [9.17, 15) is 13.2 Å². The van der Waals surface area contributed by atoms with E-state index < -0.39 is 28.2 Å². The average Bonchev–Trinajstić information content (AvgIpc) is 3.56. The smallest absolute Gasteiger partial charge is 0.273 e. The van der Waals surface area contributed by atoms with Crippen LogP contribution in [0.2, 0.25) is 0 Å². The molecule has 3 heterocycles. The first-order chi connectivity index (χ1) is 16.9. The lowest BCUT2D eigenvalue weighted by atomic mass is 10.1. The molecule has 3 aromatic rings. The third-order valence-corrected chi connectivity index (χ3v) is 7.23. The summed E-state index contributed by atoms with van der Waals surface area (Å²) in [6, 6.07) is 6.74. The highest BCUT2D eigenvalue weighted by molar-refractivity contribution is 7.93. The predicted molar refractivity (Wildman–Crippen MR) is 122 cm³/mol. The fourth-order valence-electron chi connectivity index (χ4n) is 3.77. The van der Waals surface area contributed by atoms with E-state index in [0.29, 0.717) is 30.9 Å². The van der Waals surface area contributed by atoms with Crippen molar-refractivity contribution in [3.63, 3.8) is 0 Å². The van der Waals surface area contributed by atoms with Crippen molar-refractivity contribution in [2.24, 2.45) is 0 Å². The molecule has 0 bridgehead atoms. The predicted octanol–water partition coefficient (Wildman–Crippen LogP) is 1.32. The summed E-state index contributed by atoms with van der Waals surface area (Å²) in [7, 11) is -1.77. The van der Waals surface area contributed by atoms with Gasteiger partial charge in [-0.25, -0.2) is 18.1 Å². The number of sulfonamides is 1. The minimum Gasteiger partial charge on any atom is -0.364 e. The second kappa shape index (κ2) is 7.69. The van der Waals surface area contributed by atoms with Crippen molar-refractivity contribution in [2.45, 2.75) is 31.6 Å². The molecule has 0 radical (unpaired) electrons. The number of aryl methyl sites for hydroxylation is 1. The maximum atomic E-state index is 12.7. The van der Waals surface area contributed by atoms with Crippen LogP contribution >= 0.6 is 0 Å². The number of fused-ring (bicyclic) bond motifs is 3. The van der Waals surface area contributed by atoms with E-state index in [-0.39, 0.29) is 17.2 Å². The van der Waals surface area contributed by atoms with Gasteiger partial charge in [0, 0.05) is 24.2 Å². The van der Waals surface area contributed by atoms with Crippen LogP contribution in [-0.4, -0.2) is 58.6 Å². The first-order valence-electron chi connectivity index (χ1n) is 11.7. The fourth-order valence-corrected chi connectivity index (χ4v) is 5.08. The number of amides is 1. The van der Waals surface area contributed by atoms with Crippen molar-refractivity contribution in [1.82, 2.24) is 30.3 Å². The Morgan fingerprint density at radius 2 is 2.06 bits per heavy atom. The van der Waals surface area contributed by atoms with Crippen LogP contribution in [0.5, 0.6) is 0 Å². The highest BCUT2D eigenvalue weighted by atomic mass is 32.2. The van der Waals surface area contributed by atoms with Gasteiger partial charge < -0.3 is 15.5 Å². The van der Waals surface area contributed by atoms with Gasteiger partial charge in [-0.3, -0.25) is 9.52 Å². The van der Waals surface area contributed by atoms with E-state index in [0.717, 1.165) is 17.2 Å². The van der Waals surface area contributed by atoms with Crippen LogP contribution in [0, 0.1) is 6.92 Å². The molecule has 2 aromatic heterocycles. The summed E-state index contributed by atoms with van der Waals surface area (Å²) >= 11 is 0. The molecule has 13 heteroatoms. The van der Waals surface area contributed by atoms with Crippen molar-refractivity contribution in [3.05, 3.63) is 41.6 Å². The largest absolute Gasteiger partial charge is 0.364 e. The van der Waals surface area contributed by atoms with Crippen LogP contribution in [0.4, 0.5) is 22.9 Å². The van der Waals surface area contributed by atoms with E-state index in [1.807, 2.05) is 23.3 Å². The van der Waals surface area contributed by atoms with Crippen LogP contribution in [-0.2, 0) is 16.6 Å². The molecule has 1 aliphatic heterocycles. The lowest BCUT2D eigenvalue weighted by molar-refractivity contribution is 0.0958. The minimum atomic E-state index is -3.64. The number of nitrogens with zero attached hydrogens (tertiary/aromatic N) is 6. The van der Waals surface area contributed by atoms with Crippen LogP contribution in [0.25, 0.3) is 5.69 Å². The van der Waals surface area contributed by atoms with Crippen LogP contribution in [0.3, 0.4) is 0 Å². The van der Waals surface area contributed by atoms with E-state index in [1.165, 1.54) is 6.07 Å². The third-order valence-electron chi connectivity index (χ3n) is 5.39. The molecule has 0 saturated heterocycles. The molecule has 1 saturated carbocycles. The van der Waals surface area contributed by atoms with Crippen molar-refractivity contribution >= 4 is 38.8 Å². The molecular formula is C20H23N9O3S. The molecule has 3 N–H and O–H groups in total. The van der Waals surface area contributed by atoms with Crippen LogP contribution in [0.15, 0.2) is 24.3 Å². The number of aromatic nitrogens is 5. The summed E-state index contributed by atoms with van der Waals surface area (Å²) < 4.78 is 51.0. The Kier molecular flexibility index (Phi) is 4.14. The maximum absolute atomic E-state index is 12.7. The number of carbonyl (C=O) groups is 1. The number of hydrogen-bond acceptors (Lipinski definition) is 9. The molecule has 5 rings (SSSR count). The van der Waals surface area contributed by atoms with E-state index in [4.69, 9.17) is 4.11 Å². The molecule has 0 unspecified atom stereocenters. The Balaban J connectivity index is 1.56. The zero-order chi connectivity index (χ0) is 25.8. The highest BCUT2D eigenvalue weighted by Gasteiger charge is 2.36. The number of anilines is 4. The Bertz CT molecular complexity index is 1470. The Morgan fingerprint density at radius 3 is 2.82 bits per heavy atom. The molecule has 0 spiro atoms. The lowest BCUT2D eigenvalue weighted by Gasteiger charge is -2.29. The molecule has 1 amide bonds. The Hall–Kier alpha value is -3.74. The van der Waals surface area contributed by atoms with Gasteiger partial charge in [0.2, 0.25) is 10.0 Å². The molecule has 33 heavy (non-hydrogen) atoms. The lowest BCUT2D eigenvalue weighted by Crippen LogP contribution is -2.27. The molecule has 1 aliphatic carbocycles. The third kappa shape index (κ3) is 3.84. The number of benzene rings is 1. The van der Waals surface area contributed by atoms with Gasteiger partial charge in [0.25, 0.3) is 5.91 Å². The van der Waals surface area contributed by atoms with Gasteiger partial charge in [0.05, 0.1) is 34.5 Å². The summed E-state index contributed by atoms with van der Waals surface area (Å²) in [4.78, 5) is 19.1. The topological polar surface area (TPSA) is 147 Å². The molecule has 172 valence electrons. The normalized spacial score (nSPS) is 16.7. The first kappa shape index (κ1) is 17.8. The van der Waals surface area contributed by atoms with Crippen LogP contribution in [0.1, 0.15) is 39.1 Å². The van der Waals surface area contributed by atoms with Crippen molar-refractivity contribution in [1.29, 1.82) is 0 Å². The van der Waals surface area contributed by atoms with Crippen LogP contribution < -0.4 is 20.3 Å². The summed E-state index contributed by atoms with van der Waals surface area (Å²) in [5.74, 6) is 0.301. The number of hydrogen-bond donors (Lipinski definition) is 3. The SMILES string of the molecule is [2H]C([2H])([2H])NC(=O)c1nnc(NS(=O)(=O)C2CC2)cc1Nc1cccc2c1N(C)Cc1nc(C)nn1-2. The Morgan fingerprint density at radius 1 is 1.24 bits per heavy atom. The standard InChI is InChI=1S/C20H23N9O3S/c1-11-22-17-10-28(3)19-13(5-4-6-15(19)29(17)26-11)23-14-9-16(24-25-18(14)20(30)21-2)27-33(31,32)12-7-8-12/h4-6,9,12H,7-8,10H2,1-3H3,(H,21,30)(H2,23,24,27)/i2D3. The van der Waals surface area contributed by atoms with Gasteiger partial charge >= 0.3 is 0 Å². The number of carbonyl (C=O) groups excluding carboxylic acids is 1. The van der Waals surface area contributed by atoms with Gasteiger partial charge in [0.15, 0.2) is 17.3 Å². The summed E-state index contributed by atoms with van der Waals surface area (Å²) in [5.41, 5.74) is 1.81. The summed E-state index contributed by atoms with van der Waals surface area (Å²) in [5, 5.41) is 16.6. The number of nitrogens with one attached hydrogen (secondary N) is 3. The van der Waals surface area contributed by atoms with Gasteiger partial charge in [0.1, 0.15) is 5.82 Å². The summed E-state index contributed by atoms with van der Waals surface area (Å²) in [6.45, 7) is -0.481.